The highest BCUT2D eigenvalue weighted by atomic mass is 16.5. The highest BCUT2D eigenvalue weighted by Gasteiger charge is 2.30. The third-order valence-corrected chi connectivity index (χ3v) is 4.82. The summed E-state index contributed by atoms with van der Waals surface area (Å²) >= 11 is 0. The van der Waals surface area contributed by atoms with E-state index < -0.39 is 18.4 Å². The van der Waals surface area contributed by atoms with E-state index in [1.165, 1.54) is 4.90 Å². The summed E-state index contributed by atoms with van der Waals surface area (Å²) in [6, 6.07) is 14.5. The zero-order valence-corrected chi connectivity index (χ0v) is 16.1. The smallest absolute Gasteiger partial charge is 0.323 e. The molecule has 0 aliphatic carbocycles. The first-order valence-corrected chi connectivity index (χ1v) is 9.41. The Bertz CT molecular complexity index is 1020. The van der Waals surface area contributed by atoms with Crippen LogP contribution in [0.2, 0.25) is 0 Å². The average Bonchev–Trinajstić information content (AvgIpc) is 3.09. The van der Waals surface area contributed by atoms with Crippen molar-refractivity contribution >= 4 is 29.4 Å². The van der Waals surface area contributed by atoms with Gasteiger partial charge in [0.25, 0.3) is 5.91 Å². The molecule has 1 saturated heterocycles. The first-order chi connectivity index (χ1) is 14.5. The van der Waals surface area contributed by atoms with E-state index in [0.29, 0.717) is 23.9 Å². The highest BCUT2D eigenvalue weighted by Crippen LogP contribution is 2.34. The molecule has 4 rings (SSSR count). The standard InChI is InChI=1S/C21H20N4O5/c26-18-11-25-10-15-16(22-21(25)23-18)7-4-8-17(15)30-13-19(27)24(12-20(28)29)9-14-5-2-1-3-6-14/h1-8H,9-13H2,(H,28,29)(H,22,23,26). The van der Waals surface area contributed by atoms with Gasteiger partial charge in [0.2, 0.25) is 11.9 Å². The fourth-order valence-electron chi connectivity index (χ4n) is 3.41. The number of aliphatic imine (C=N–C) groups is 1. The van der Waals surface area contributed by atoms with Crippen LogP contribution in [0.15, 0.2) is 53.5 Å². The van der Waals surface area contributed by atoms with Gasteiger partial charge in [-0.15, -0.1) is 0 Å². The third-order valence-electron chi connectivity index (χ3n) is 4.82. The van der Waals surface area contributed by atoms with Gasteiger partial charge in [0, 0.05) is 12.1 Å². The van der Waals surface area contributed by atoms with Gasteiger partial charge in [-0.3, -0.25) is 19.7 Å². The summed E-state index contributed by atoms with van der Waals surface area (Å²) < 4.78 is 5.76. The predicted octanol–water partition coefficient (Wildman–Crippen LogP) is 1.11. The monoisotopic (exact) mass is 408 g/mol. The number of ether oxygens (including phenoxy) is 1. The van der Waals surface area contributed by atoms with E-state index in [2.05, 4.69) is 10.3 Å². The fraction of sp³-hybridized carbons (Fsp3) is 0.238. The number of fused-ring (bicyclic) bond motifs is 2. The van der Waals surface area contributed by atoms with Crippen molar-refractivity contribution in [1.82, 2.24) is 15.1 Å². The van der Waals surface area contributed by atoms with Crippen LogP contribution >= 0.6 is 0 Å². The van der Waals surface area contributed by atoms with Crippen molar-refractivity contribution in [2.75, 3.05) is 19.7 Å². The molecule has 0 saturated carbocycles. The van der Waals surface area contributed by atoms with Gasteiger partial charge < -0.3 is 19.6 Å². The van der Waals surface area contributed by atoms with Crippen LogP contribution in [-0.4, -0.2) is 58.3 Å². The molecule has 2 amide bonds. The molecule has 2 aromatic rings. The second-order valence-corrected chi connectivity index (χ2v) is 7.01. The Kier molecular flexibility index (Phi) is 5.34. The summed E-state index contributed by atoms with van der Waals surface area (Å²) in [7, 11) is 0. The second kappa shape index (κ2) is 8.24. The maximum absolute atomic E-state index is 12.7. The minimum Gasteiger partial charge on any atom is -0.483 e. The Balaban J connectivity index is 1.46. The number of guanidine groups is 1. The van der Waals surface area contributed by atoms with Crippen LogP contribution in [0.4, 0.5) is 5.69 Å². The normalized spacial score (nSPS) is 14.3. The molecule has 0 atom stereocenters. The number of hydrogen-bond donors (Lipinski definition) is 2. The third kappa shape index (κ3) is 4.24. The van der Waals surface area contributed by atoms with Crippen LogP contribution in [0.3, 0.4) is 0 Å². The van der Waals surface area contributed by atoms with E-state index in [-0.39, 0.29) is 25.6 Å². The molecule has 0 radical (unpaired) electrons. The van der Waals surface area contributed by atoms with E-state index in [1.54, 1.807) is 17.0 Å². The lowest BCUT2D eigenvalue weighted by atomic mass is 10.1. The van der Waals surface area contributed by atoms with Gasteiger partial charge in [-0.25, -0.2) is 4.99 Å². The highest BCUT2D eigenvalue weighted by molar-refractivity contribution is 6.06. The molecule has 2 aromatic carbocycles. The Morgan fingerprint density at radius 3 is 2.70 bits per heavy atom. The fourth-order valence-corrected chi connectivity index (χ4v) is 3.41. The Morgan fingerprint density at radius 1 is 1.13 bits per heavy atom. The summed E-state index contributed by atoms with van der Waals surface area (Å²) in [5, 5.41) is 11.9. The van der Waals surface area contributed by atoms with Crippen molar-refractivity contribution < 1.29 is 24.2 Å². The topological polar surface area (TPSA) is 112 Å². The molecule has 2 heterocycles. The molecule has 154 valence electrons. The molecule has 0 spiro atoms. The van der Waals surface area contributed by atoms with Crippen LogP contribution in [0, 0.1) is 0 Å². The van der Waals surface area contributed by atoms with E-state index in [1.807, 2.05) is 36.4 Å². The number of carboxylic acid groups (broad SMARTS) is 1. The van der Waals surface area contributed by atoms with Crippen molar-refractivity contribution in [3.8, 4) is 5.75 Å². The molecule has 9 nitrogen and oxygen atoms in total. The molecule has 0 bridgehead atoms. The molecule has 0 aromatic heterocycles. The number of carboxylic acids is 1. The lowest BCUT2D eigenvalue weighted by Gasteiger charge is -2.25. The zero-order valence-electron chi connectivity index (χ0n) is 16.1. The van der Waals surface area contributed by atoms with E-state index in [4.69, 9.17) is 4.74 Å². The SMILES string of the molecule is O=C(O)CN(Cc1ccccc1)C(=O)COc1cccc2c1CN1CC(=O)NC1=N2. The molecular formula is C21H20N4O5. The first kappa shape index (κ1) is 19.4. The molecule has 2 aliphatic heterocycles. The molecule has 0 unspecified atom stereocenters. The van der Waals surface area contributed by atoms with Gasteiger partial charge in [-0.2, -0.15) is 0 Å². The lowest BCUT2D eigenvalue weighted by molar-refractivity contribution is -0.145. The number of nitrogens with zero attached hydrogens (tertiary/aromatic N) is 3. The van der Waals surface area contributed by atoms with Gasteiger partial charge in [0.05, 0.1) is 12.2 Å². The summed E-state index contributed by atoms with van der Waals surface area (Å²) in [5.74, 6) is -0.653. The average molecular weight is 408 g/mol. The Labute approximate surface area is 172 Å². The predicted molar refractivity (Wildman–Crippen MR) is 107 cm³/mol. The van der Waals surface area contributed by atoms with E-state index in [0.717, 1.165) is 11.1 Å². The number of nitrogens with one attached hydrogen (secondary N) is 1. The quantitative estimate of drug-likeness (QED) is 0.710. The van der Waals surface area contributed by atoms with Gasteiger partial charge in [-0.1, -0.05) is 36.4 Å². The molecule has 1 fully saturated rings. The van der Waals surface area contributed by atoms with Gasteiger partial charge in [0.15, 0.2) is 6.61 Å². The number of hydrogen-bond acceptors (Lipinski definition) is 6. The second-order valence-electron chi connectivity index (χ2n) is 7.01. The molecule has 2 aliphatic rings. The van der Waals surface area contributed by atoms with Gasteiger partial charge in [0.1, 0.15) is 18.8 Å². The van der Waals surface area contributed by atoms with Crippen molar-refractivity contribution in [3.63, 3.8) is 0 Å². The Morgan fingerprint density at radius 2 is 1.93 bits per heavy atom. The zero-order chi connectivity index (χ0) is 21.1. The number of aliphatic carboxylic acids is 1. The van der Waals surface area contributed by atoms with Crippen molar-refractivity contribution in [2.24, 2.45) is 4.99 Å². The minimum absolute atomic E-state index is 0.121. The summed E-state index contributed by atoms with van der Waals surface area (Å²) in [6.07, 6.45) is 0. The van der Waals surface area contributed by atoms with Crippen molar-refractivity contribution in [2.45, 2.75) is 13.1 Å². The van der Waals surface area contributed by atoms with Crippen LogP contribution in [0.1, 0.15) is 11.1 Å². The van der Waals surface area contributed by atoms with Gasteiger partial charge >= 0.3 is 5.97 Å². The van der Waals surface area contributed by atoms with Crippen LogP contribution in [0.25, 0.3) is 0 Å². The molecule has 9 heteroatoms. The van der Waals surface area contributed by atoms with Crippen molar-refractivity contribution in [1.29, 1.82) is 0 Å². The summed E-state index contributed by atoms with van der Waals surface area (Å²) in [4.78, 5) is 43.0. The maximum atomic E-state index is 12.7. The lowest BCUT2D eigenvalue weighted by Crippen LogP contribution is -2.38. The minimum atomic E-state index is -1.09. The largest absolute Gasteiger partial charge is 0.483 e. The van der Waals surface area contributed by atoms with Crippen molar-refractivity contribution in [3.05, 3.63) is 59.7 Å². The number of amides is 2. The van der Waals surface area contributed by atoms with Crippen LogP contribution in [0.5, 0.6) is 5.75 Å². The van der Waals surface area contributed by atoms with E-state index in [9.17, 15) is 19.5 Å². The first-order valence-electron chi connectivity index (χ1n) is 9.41. The summed E-state index contributed by atoms with van der Waals surface area (Å²) in [5.41, 5.74) is 2.27. The van der Waals surface area contributed by atoms with Crippen LogP contribution < -0.4 is 10.1 Å². The number of rotatable bonds is 7. The number of carbonyl (C=O) groups excluding carboxylic acids is 2. The van der Waals surface area contributed by atoms with Gasteiger partial charge in [-0.05, 0) is 17.7 Å². The van der Waals surface area contributed by atoms with Crippen LogP contribution in [-0.2, 0) is 27.5 Å². The Hall–Kier alpha value is -3.88. The van der Waals surface area contributed by atoms with E-state index >= 15 is 0 Å². The molecule has 2 N–H and O–H groups in total. The number of benzene rings is 2. The molecule has 30 heavy (non-hydrogen) atoms. The molecular weight excluding hydrogens is 388 g/mol. The maximum Gasteiger partial charge on any atom is 0.323 e. The summed E-state index contributed by atoms with van der Waals surface area (Å²) in [6.45, 7) is 0.107. The number of carbonyl (C=O) groups is 3.